The molecule has 120 valence electrons. The van der Waals surface area contributed by atoms with Gasteiger partial charge in [0, 0.05) is 25.2 Å². The van der Waals surface area contributed by atoms with Crippen molar-refractivity contribution in [3.63, 3.8) is 0 Å². The van der Waals surface area contributed by atoms with Crippen LogP contribution in [0.2, 0.25) is 0 Å². The van der Waals surface area contributed by atoms with E-state index >= 15 is 0 Å². The second-order valence-corrected chi connectivity index (χ2v) is 7.15. The molecule has 1 N–H and O–H groups in total. The zero-order valence-electron chi connectivity index (χ0n) is 13.0. The Labute approximate surface area is 135 Å². The Hall–Kier alpha value is -2.25. The minimum Gasteiger partial charge on any atom is -0.250 e. The van der Waals surface area contributed by atoms with E-state index in [-0.39, 0.29) is 4.90 Å². The van der Waals surface area contributed by atoms with Crippen molar-refractivity contribution in [2.45, 2.75) is 18.2 Å². The highest BCUT2D eigenvalue weighted by Gasteiger charge is 2.17. The fourth-order valence-electron chi connectivity index (χ4n) is 2.49. The first-order valence-corrected chi connectivity index (χ1v) is 8.78. The molecule has 0 saturated heterocycles. The van der Waals surface area contributed by atoms with Gasteiger partial charge in [-0.3, -0.25) is 4.68 Å². The Morgan fingerprint density at radius 3 is 2.70 bits per heavy atom. The molecule has 0 aliphatic rings. The van der Waals surface area contributed by atoms with E-state index in [2.05, 4.69) is 14.8 Å². The average molecular weight is 330 g/mol. The standard InChI is InChI=1S/C16H18N4O2S/c1-12-15-10-14(11-17-16(15)20(2)19-12)23(21,22)18-9-8-13-6-4-3-5-7-13/h3-7,10-11,18H,8-9H2,1-2H3. The monoisotopic (exact) mass is 330 g/mol. The van der Waals surface area contributed by atoms with Crippen molar-refractivity contribution in [2.75, 3.05) is 6.54 Å². The molecule has 0 spiro atoms. The quantitative estimate of drug-likeness (QED) is 0.774. The van der Waals surface area contributed by atoms with Gasteiger partial charge in [0.1, 0.15) is 4.90 Å². The molecule has 1 aromatic carbocycles. The van der Waals surface area contributed by atoms with E-state index in [0.29, 0.717) is 18.6 Å². The summed E-state index contributed by atoms with van der Waals surface area (Å²) in [5.74, 6) is 0. The molecule has 3 aromatic rings. The van der Waals surface area contributed by atoms with E-state index in [9.17, 15) is 8.42 Å². The number of nitrogens with zero attached hydrogens (tertiary/aromatic N) is 3. The Kier molecular flexibility index (Phi) is 4.14. The number of pyridine rings is 1. The predicted molar refractivity (Wildman–Crippen MR) is 88.6 cm³/mol. The SMILES string of the molecule is Cc1nn(C)c2ncc(S(=O)(=O)NCCc3ccccc3)cc12. The highest BCUT2D eigenvalue weighted by atomic mass is 32.2. The van der Waals surface area contributed by atoms with Crippen molar-refractivity contribution in [1.29, 1.82) is 0 Å². The fraction of sp³-hybridized carbons (Fsp3) is 0.250. The van der Waals surface area contributed by atoms with Gasteiger partial charge in [-0.2, -0.15) is 5.10 Å². The zero-order valence-corrected chi connectivity index (χ0v) is 13.8. The number of rotatable bonds is 5. The fourth-order valence-corrected chi connectivity index (χ4v) is 3.50. The second-order valence-electron chi connectivity index (χ2n) is 5.38. The number of benzene rings is 1. The van der Waals surface area contributed by atoms with Crippen LogP contribution in [0.25, 0.3) is 11.0 Å². The summed E-state index contributed by atoms with van der Waals surface area (Å²) in [6.45, 7) is 2.18. The van der Waals surface area contributed by atoms with Crippen LogP contribution in [0.5, 0.6) is 0 Å². The third-order valence-corrected chi connectivity index (χ3v) is 5.12. The molecule has 3 rings (SSSR count). The Balaban J connectivity index is 1.78. The Morgan fingerprint density at radius 2 is 1.96 bits per heavy atom. The summed E-state index contributed by atoms with van der Waals surface area (Å²) in [6.07, 6.45) is 2.01. The number of aromatic nitrogens is 3. The van der Waals surface area contributed by atoms with Crippen LogP contribution in [0.4, 0.5) is 0 Å². The first-order valence-electron chi connectivity index (χ1n) is 7.30. The molecule has 0 aliphatic heterocycles. The maximum Gasteiger partial charge on any atom is 0.242 e. The van der Waals surface area contributed by atoms with Crippen LogP contribution in [0, 0.1) is 6.92 Å². The van der Waals surface area contributed by atoms with Crippen LogP contribution in [0.3, 0.4) is 0 Å². The third kappa shape index (κ3) is 3.25. The molecule has 2 aromatic heterocycles. The van der Waals surface area contributed by atoms with Gasteiger partial charge in [-0.05, 0) is 25.0 Å². The summed E-state index contributed by atoms with van der Waals surface area (Å²) >= 11 is 0. The van der Waals surface area contributed by atoms with Gasteiger partial charge in [0.15, 0.2) is 5.65 Å². The van der Waals surface area contributed by atoms with Crippen molar-refractivity contribution in [3.8, 4) is 0 Å². The van der Waals surface area contributed by atoms with Gasteiger partial charge in [-0.1, -0.05) is 30.3 Å². The number of hydrogen-bond acceptors (Lipinski definition) is 4. The molecule has 6 nitrogen and oxygen atoms in total. The van der Waals surface area contributed by atoms with Gasteiger partial charge < -0.3 is 0 Å². The molecule has 0 radical (unpaired) electrons. The number of hydrogen-bond donors (Lipinski definition) is 1. The highest BCUT2D eigenvalue weighted by molar-refractivity contribution is 7.89. The smallest absolute Gasteiger partial charge is 0.242 e. The molecule has 0 aliphatic carbocycles. The Morgan fingerprint density at radius 1 is 1.22 bits per heavy atom. The second kappa shape index (κ2) is 6.10. The molecule has 0 amide bonds. The molecular formula is C16H18N4O2S. The van der Waals surface area contributed by atoms with E-state index in [1.54, 1.807) is 17.8 Å². The molecule has 0 atom stereocenters. The molecule has 0 fully saturated rings. The molecule has 2 heterocycles. The number of nitrogens with one attached hydrogen (secondary N) is 1. The third-order valence-electron chi connectivity index (χ3n) is 3.70. The molecule has 0 bridgehead atoms. The van der Waals surface area contributed by atoms with Crippen LogP contribution >= 0.6 is 0 Å². The van der Waals surface area contributed by atoms with Crippen LogP contribution in [-0.2, 0) is 23.5 Å². The molecule has 0 unspecified atom stereocenters. The lowest BCUT2D eigenvalue weighted by Crippen LogP contribution is -2.26. The van der Waals surface area contributed by atoms with E-state index in [1.807, 2.05) is 37.3 Å². The maximum absolute atomic E-state index is 12.4. The summed E-state index contributed by atoms with van der Waals surface area (Å²) in [7, 11) is -1.79. The number of aryl methyl sites for hydroxylation is 2. The van der Waals surface area contributed by atoms with E-state index in [4.69, 9.17) is 0 Å². The minimum atomic E-state index is -3.58. The van der Waals surface area contributed by atoms with Gasteiger partial charge in [0.2, 0.25) is 10.0 Å². The zero-order chi connectivity index (χ0) is 16.4. The van der Waals surface area contributed by atoms with Gasteiger partial charge in [-0.25, -0.2) is 18.1 Å². The first kappa shape index (κ1) is 15.6. The molecule has 7 heteroatoms. The lowest BCUT2D eigenvalue weighted by Gasteiger charge is -2.07. The summed E-state index contributed by atoms with van der Waals surface area (Å²) in [4.78, 5) is 4.38. The lowest BCUT2D eigenvalue weighted by molar-refractivity contribution is 0.581. The van der Waals surface area contributed by atoms with Crippen LogP contribution in [-0.4, -0.2) is 29.7 Å². The first-order chi connectivity index (χ1) is 11.0. The van der Waals surface area contributed by atoms with Crippen molar-refractivity contribution < 1.29 is 8.42 Å². The lowest BCUT2D eigenvalue weighted by atomic mass is 10.2. The van der Waals surface area contributed by atoms with Crippen molar-refractivity contribution >= 4 is 21.1 Å². The maximum atomic E-state index is 12.4. The summed E-state index contributed by atoms with van der Waals surface area (Å²) in [5, 5.41) is 5.00. The van der Waals surface area contributed by atoms with Crippen LogP contribution in [0.1, 0.15) is 11.3 Å². The predicted octanol–water partition coefficient (Wildman–Crippen LogP) is 1.80. The summed E-state index contributed by atoms with van der Waals surface area (Å²) in [6, 6.07) is 11.4. The number of fused-ring (bicyclic) bond motifs is 1. The highest BCUT2D eigenvalue weighted by Crippen LogP contribution is 2.19. The molecule has 23 heavy (non-hydrogen) atoms. The van der Waals surface area contributed by atoms with E-state index in [1.165, 1.54) is 6.20 Å². The van der Waals surface area contributed by atoms with Crippen molar-refractivity contribution in [2.24, 2.45) is 7.05 Å². The van der Waals surface area contributed by atoms with Gasteiger partial charge >= 0.3 is 0 Å². The molecular weight excluding hydrogens is 312 g/mol. The van der Waals surface area contributed by atoms with E-state index in [0.717, 1.165) is 16.6 Å². The van der Waals surface area contributed by atoms with Crippen LogP contribution in [0.15, 0.2) is 47.5 Å². The number of sulfonamides is 1. The topological polar surface area (TPSA) is 76.9 Å². The largest absolute Gasteiger partial charge is 0.250 e. The summed E-state index contributed by atoms with van der Waals surface area (Å²) in [5.41, 5.74) is 2.52. The van der Waals surface area contributed by atoms with Gasteiger partial charge in [0.05, 0.1) is 5.69 Å². The minimum absolute atomic E-state index is 0.161. The van der Waals surface area contributed by atoms with Gasteiger partial charge in [0.25, 0.3) is 0 Å². The Bertz CT molecular complexity index is 933. The average Bonchev–Trinajstić information content (AvgIpc) is 2.82. The van der Waals surface area contributed by atoms with Crippen LogP contribution < -0.4 is 4.72 Å². The van der Waals surface area contributed by atoms with Crippen molar-refractivity contribution in [1.82, 2.24) is 19.5 Å². The van der Waals surface area contributed by atoms with Crippen molar-refractivity contribution in [3.05, 3.63) is 53.9 Å². The van der Waals surface area contributed by atoms with Gasteiger partial charge in [-0.15, -0.1) is 0 Å². The normalized spacial score (nSPS) is 11.9. The summed E-state index contributed by atoms with van der Waals surface area (Å²) < 4.78 is 29.1. The molecule has 0 saturated carbocycles. The van der Waals surface area contributed by atoms with E-state index < -0.39 is 10.0 Å².